The number of imide groups is 1. The Morgan fingerprint density at radius 3 is 2.52 bits per heavy atom. The molecule has 150 valence electrons. The van der Waals surface area contributed by atoms with E-state index in [0.29, 0.717) is 22.7 Å². The Morgan fingerprint density at radius 2 is 1.90 bits per heavy atom. The average Bonchev–Trinajstić information content (AvgIpc) is 2.95. The van der Waals surface area contributed by atoms with Crippen LogP contribution in [-0.2, 0) is 9.59 Å². The van der Waals surface area contributed by atoms with Gasteiger partial charge in [-0.1, -0.05) is 6.07 Å². The highest BCUT2D eigenvalue weighted by Crippen LogP contribution is 2.29. The quantitative estimate of drug-likeness (QED) is 0.574. The monoisotopic (exact) mass is 399 g/mol. The molecule has 4 amide bonds. The van der Waals surface area contributed by atoms with Crippen LogP contribution in [0.1, 0.15) is 5.56 Å². The van der Waals surface area contributed by atoms with Gasteiger partial charge in [0.15, 0.2) is 18.1 Å². The Hall–Kier alpha value is -3.88. The molecule has 0 bridgehead atoms. The summed E-state index contributed by atoms with van der Waals surface area (Å²) in [5.41, 5.74) is 1.19. The third-order valence-electron chi connectivity index (χ3n) is 4.07. The number of likely N-dealkylation sites (N-methyl/N-ethyl adjacent to an activating group) is 1. The summed E-state index contributed by atoms with van der Waals surface area (Å²) < 4.78 is 23.7. The molecular weight excluding hydrogens is 381 g/mol. The van der Waals surface area contributed by atoms with Gasteiger partial charge in [0, 0.05) is 12.7 Å². The lowest BCUT2D eigenvalue weighted by molar-refractivity contribution is -0.122. The Labute approximate surface area is 165 Å². The predicted molar refractivity (Wildman–Crippen MR) is 103 cm³/mol. The van der Waals surface area contributed by atoms with Gasteiger partial charge in [-0.2, -0.15) is 0 Å². The second-order valence-corrected chi connectivity index (χ2v) is 6.11. The van der Waals surface area contributed by atoms with Gasteiger partial charge < -0.3 is 20.1 Å². The van der Waals surface area contributed by atoms with Crippen LogP contribution in [0.25, 0.3) is 6.08 Å². The topological polar surface area (TPSA) is 97.0 Å². The predicted octanol–water partition coefficient (Wildman–Crippen LogP) is 2.37. The molecule has 0 aromatic heterocycles. The number of halogens is 1. The number of anilines is 1. The number of carbonyl (C=O) groups is 3. The molecule has 0 unspecified atom stereocenters. The van der Waals surface area contributed by atoms with Crippen molar-refractivity contribution in [3.8, 4) is 11.5 Å². The molecule has 2 N–H and O–H groups in total. The number of benzene rings is 2. The van der Waals surface area contributed by atoms with Crippen LogP contribution < -0.4 is 20.1 Å². The first-order valence-electron chi connectivity index (χ1n) is 8.54. The molecule has 0 aliphatic carbocycles. The maximum atomic E-state index is 12.9. The van der Waals surface area contributed by atoms with Gasteiger partial charge in [-0.05, 0) is 48.0 Å². The number of methoxy groups -OCH3 is 1. The average molecular weight is 399 g/mol. The molecule has 0 atom stereocenters. The number of nitrogens with one attached hydrogen (secondary N) is 2. The van der Waals surface area contributed by atoms with Gasteiger partial charge in [0.05, 0.1) is 7.11 Å². The molecule has 9 heteroatoms. The molecule has 29 heavy (non-hydrogen) atoms. The number of hydrogen-bond acceptors (Lipinski definition) is 5. The Bertz CT molecular complexity index is 988. The van der Waals surface area contributed by atoms with Gasteiger partial charge in [0.25, 0.3) is 11.8 Å². The van der Waals surface area contributed by atoms with E-state index in [2.05, 4.69) is 10.6 Å². The van der Waals surface area contributed by atoms with E-state index in [1.54, 1.807) is 18.2 Å². The lowest BCUT2D eigenvalue weighted by atomic mass is 10.1. The number of urea groups is 1. The third kappa shape index (κ3) is 4.70. The van der Waals surface area contributed by atoms with Crippen molar-refractivity contribution in [3.63, 3.8) is 0 Å². The molecule has 1 aliphatic rings. The Balaban J connectivity index is 1.66. The summed E-state index contributed by atoms with van der Waals surface area (Å²) in [7, 11) is 2.82. The highest BCUT2D eigenvalue weighted by molar-refractivity contribution is 6.13. The number of rotatable bonds is 6. The first kappa shape index (κ1) is 19.9. The summed E-state index contributed by atoms with van der Waals surface area (Å²) in [6, 6.07) is 9.71. The van der Waals surface area contributed by atoms with E-state index >= 15 is 0 Å². The van der Waals surface area contributed by atoms with Crippen LogP contribution in [-0.4, -0.2) is 43.5 Å². The normalized spacial score (nSPS) is 14.7. The first-order chi connectivity index (χ1) is 13.9. The Morgan fingerprint density at radius 1 is 1.17 bits per heavy atom. The zero-order chi connectivity index (χ0) is 21.0. The summed E-state index contributed by atoms with van der Waals surface area (Å²) in [6.07, 6.45) is 1.51. The summed E-state index contributed by atoms with van der Waals surface area (Å²) >= 11 is 0. The fourth-order valence-electron chi connectivity index (χ4n) is 2.56. The number of ether oxygens (including phenoxy) is 2. The van der Waals surface area contributed by atoms with Crippen molar-refractivity contribution in [2.45, 2.75) is 0 Å². The summed E-state index contributed by atoms with van der Waals surface area (Å²) in [4.78, 5) is 36.4. The molecular formula is C20H18FN3O5. The van der Waals surface area contributed by atoms with Crippen molar-refractivity contribution in [3.05, 3.63) is 59.5 Å². The molecule has 0 spiro atoms. The largest absolute Gasteiger partial charge is 0.493 e. The minimum Gasteiger partial charge on any atom is -0.493 e. The smallest absolute Gasteiger partial charge is 0.328 e. The van der Waals surface area contributed by atoms with Crippen LogP contribution in [0, 0.1) is 5.82 Å². The Kier molecular flexibility index (Phi) is 5.77. The molecule has 2 aromatic rings. The standard InChI is InChI=1S/C20H18FN3O5/c1-24-19(26)15(23-20(24)27)9-12-3-8-16(17(10-12)28-2)29-11-18(25)22-14-6-4-13(21)5-7-14/h3-10H,11H2,1-2H3,(H,22,25)(H,23,27)/b15-9+. The molecule has 1 fully saturated rings. The molecule has 8 nitrogen and oxygen atoms in total. The van der Waals surface area contributed by atoms with Crippen LogP contribution in [0.3, 0.4) is 0 Å². The molecule has 0 radical (unpaired) electrons. The highest BCUT2D eigenvalue weighted by Gasteiger charge is 2.29. The minimum atomic E-state index is -0.500. The lowest BCUT2D eigenvalue weighted by Crippen LogP contribution is -2.25. The third-order valence-corrected chi connectivity index (χ3v) is 4.07. The van der Waals surface area contributed by atoms with Gasteiger partial charge in [-0.3, -0.25) is 14.5 Å². The second-order valence-electron chi connectivity index (χ2n) is 6.11. The second kappa shape index (κ2) is 8.42. The van der Waals surface area contributed by atoms with Crippen molar-refractivity contribution in [2.75, 3.05) is 26.1 Å². The van der Waals surface area contributed by atoms with Crippen molar-refractivity contribution in [1.29, 1.82) is 0 Å². The molecule has 0 saturated carbocycles. The minimum absolute atomic E-state index is 0.145. The zero-order valence-electron chi connectivity index (χ0n) is 15.7. The maximum Gasteiger partial charge on any atom is 0.328 e. The van der Waals surface area contributed by atoms with Crippen LogP contribution in [0.4, 0.5) is 14.9 Å². The van der Waals surface area contributed by atoms with Gasteiger partial charge in [-0.25, -0.2) is 9.18 Å². The van der Waals surface area contributed by atoms with E-state index in [4.69, 9.17) is 9.47 Å². The first-order valence-corrected chi connectivity index (χ1v) is 8.54. The van der Waals surface area contributed by atoms with E-state index in [1.807, 2.05) is 0 Å². The van der Waals surface area contributed by atoms with Crippen LogP contribution >= 0.6 is 0 Å². The number of nitrogens with zero attached hydrogens (tertiary/aromatic N) is 1. The van der Waals surface area contributed by atoms with Gasteiger partial charge >= 0.3 is 6.03 Å². The molecule has 1 aliphatic heterocycles. The number of carbonyl (C=O) groups excluding carboxylic acids is 3. The number of amides is 4. The van der Waals surface area contributed by atoms with Crippen LogP contribution in [0.5, 0.6) is 11.5 Å². The SMILES string of the molecule is COc1cc(/C=C2/NC(=O)N(C)C2=O)ccc1OCC(=O)Nc1ccc(F)cc1. The molecule has 3 rings (SSSR count). The van der Waals surface area contributed by atoms with Crippen LogP contribution in [0.2, 0.25) is 0 Å². The van der Waals surface area contributed by atoms with Crippen molar-refractivity contribution in [1.82, 2.24) is 10.2 Å². The van der Waals surface area contributed by atoms with Gasteiger partial charge in [-0.15, -0.1) is 0 Å². The fraction of sp³-hybridized carbons (Fsp3) is 0.150. The molecule has 1 saturated heterocycles. The van der Waals surface area contributed by atoms with E-state index in [1.165, 1.54) is 44.5 Å². The molecule has 1 heterocycles. The van der Waals surface area contributed by atoms with Gasteiger partial charge in [0.1, 0.15) is 11.5 Å². The summed E-state index contributed by atoms with van der Waals surface area (Å²) in [5.74, 6) is -0.592. The summed E-state index contributed by atoms with van der Waals surface area (Å²) in [6.45, 7) is -0.284. The number of hydrogen-bond donors (Lipinski definition) is 2. The maximum absolute atomic E-state index is 12.9. The van der Waals surface area contributed by atoms with Crippen molar-refractivity contribution >= 4 is 29.6 Å². The van der Waals surface area contributed by atoms with E-state index in [-0.39, 0.29) is 12.3 Å². The highest BCUT2D eigenvalue weighted by atomic mass is 19.1. The van der Waals surface area contributed by atoms with Crippen molar-refractivity contribution in [2.24, 2.45) is 0 Å². The van der Waals surface area contributed by atoms with Crippen molar-refractivity contribution < 1.29 is 28.2 Å². The van der Waals surface area contributed by atoms with Gasteiger partial charge in [0.2, 0.25) is 0 Å². The van der Waals surface area contributed by atoms with E-state index < -0.39 is 23.7 Å². The summed E-state index contributed by atoms with van der Waals surface area (Å²) in [5, 5.41) is 5.06. The zero-order valence-corrected chi connectivity index (χ0v) is 15.7. The fourth-order valence-corrected chi connectivity index (χ4v) is 2.56. The lowest BCUT2D eigenvalue weighted by Gasteiger charge is -2.12. The van der Waals surface area contributed by atoms with E-state index in [9.17, 15) is 18.8 Å². The van der Waals surface area contributed by atoms with E-state index in [0.717, 1.165) is 4.90 Å². The van der Waals surface area contributed by atoms with Crippen LogP contribution in [0.15, 0.2) is 48.2 Å². The molecule has 2 aromatic carbocycles.